The van der Waals surface area contributed by atoms with Gasteiger partial charge in [-0.25, -0.2) is 0 Å². The summed E-state index contributed by atoms with van der Waals surface area (Å²) < 4.78 is 0. The fraction of sp³-hybridized carbons (Fsp3) is 0.970. The second-order valence-electron chi connectivity index (χ2n) is 31.7. The molecule has 9 fully saturated rings. The summed E-state index contributed by atoms with van der Waals surface area (Å²) in [5.41, 5.74) is 2.60. The smallest absolute Gasteiger partial charge is 0.0682 e. The molecule has 0 heterocycles. The van der Waals surface area contributed by atoms with Gasteiger partial charge >= 0.3 is 0 Å². The molecule has 0 saturated heterocycles. The van der Waals surface area contributed by atoms with E-state index < -0.39 is 16.8 Å². The van der Waals surface area contributed by atoms with Crippen LogP contribution in [0.1, 0.15) is 290 Å². The van der Waals surface area contributed by atoms with Crippen LogP contribution >= 0.6 is 0 Å². The van der Waals surface area contributed by atoms with Crippen LogP contribution in [-0.2, 0) is 0 Å². The van der Waals surface area contributed by atoms with Gasteiger partial charge in [-0.15, -0.1) is 0 Å². The van der Waals surface area contributed by atoms with Gasteiger partial charge in [-0.2, -0.15) is 0 Å². The minimum Gasteiger partial charge on any atom is -0.390 e. The number of hydrogen-bond donors (Lipinski definition) is 4. The van der Waals surface area contributed by atoms with Crippen molar-refractivity contribution in [3.05, 3.63) is 11.6 Å². The van der Waals surface area contributed by atoms with Crippen LogP contribution in [0.2, 0.25) is 0 Å². The van der Waals surface area contributed by atoms with Crippen LogP contribution in [0.5, 0.6) is 0 Å². The molecule has 0 radical (unpaired) electrons. The summed E-state index contributed by atoms with van der Waals surface area (Å²) in [6.07, 6.45) is 39.4. The van der Waals surface area contributed by atoms with Crippen molar-refractivity contribution >= 4 is 0 Å². The van der Waals surface area contributed by atoms with Gasteiger partial charge < -0.3 is 20.4 Å². The highest BCUT2D eigenvalue weighted by atomic mass is 16.3. The number of aliphatic hydroxyl groups is 4. The third kappa shape index (κ3) is 10.5. The Morgan fingerprint density at radius 2 is 0.915 bits per heavy atom. The van der Waals surface area contributed by atoms with E-state index in [1.807, 2.05) is 0 Å². The topological polar surface area (TPSA) is 80.9 Å². The molecule has 4 heteroatoms. The first-order chi connectivity index (χ1) is 32.7. The first-order valence-electron chi connectivity index (χ1n) is 31.3. The second kappa shape index (κ2) is 20.1. The molecule has 0 amide bonds. The molecule has 4 N–H and O–H groups in total. The first kappa shape index (κ1) is 56.8. The van der Waals surface area contributed by atoms with E-state index in [1.54, 1.807) is 5.57 Å². The van der Waals surface area contributed by atoms with Gasteiger partial charge in [0.2, 0.25) is 0 Å². The van der Waals surface area contributed by atoms with Crippen molar-refractivity contribution in [3.63, 3.8) is 0 Å². The maximum absolute atomic E-state index is 11.3. The molecule has 0 unspecified atom stereocenters. The Morgan fingerprint density at radius 3 is 1.42 bits per heavy atom. The van der Waals surface area contributed by atoms with E-state index in [0.717, 1.165) is 142 Å². The van der Waals surface area contributed by atoms with Gasteiger partial charge in [0.1, 0.15) is 0 Å². The molecule has 0 bridgehead atoms. The zero-order chi connectivity index (χ0) is 50.6. The van der Waals surface area contributed by atoms with Crippen molar-refractivity contribution in [2.45, 2.75) is 312 Å². The van der Waals surface area contributed by atoms with Crippen molar-refractivity contribution in [1.29, 1.82) is 0 Å². The molecule has 9 saturated carbocycles. The molecule has 0 aromatic carbocycles. The Balaban J connectivity index is 0.000000188. The Kier molecular flexibility index (Phi) is 16.1. The van der Waals surface area contributed by atoms with Crippen LogP contribution in [0.3, 0.4) is 0 Å². The molecule has 71 heavy (non-hydrogen) atoms. The normalized spacial score (nSPS) is 47.7. The molecule has 17 atom stereocenters. The van der Waals surface area contributed by atoms with Gasteiger partial charge in [0.25, 0.3) is 0 Å². The van der Waals surface area contributed by atoms with Gasteiger partial charge in [0.15, 0.2) is 0 Å². The summed E-state index contributed by atoms with van der Waals surface area (Å²) in [5.74, 6) is 9.13. The molecular formula is C67H118O4. The lowest BCUT2D eigenvalue weighted by atomic mass is 9.43. The quantitative estimate of drug-likeness (QED) is 0.164. The monoisotopic (exact) mass is 987 g/mol. The predicted octanol–water partition coefficient (Wildman–Crippen LogP) is 17.6. The minimum absolute atomic E-state index is 0. The summed E-state index contributed by atoms with van der Waals surface area (Å²) in [4.78, 5) is 0. The standard InChI is InChI=1S/C33H58O2.C33H56O2.CH4/c2*1-7-32(34)21-18-30(5)24(22-32)8-9-25-27-11-10-26(31(27,6)14-13-28(25)30)23(2)12-15-33(35)19-16-29(3,4)17-20-33;/h23-28,34-35H,7-22H2,1-6H3;8,23,25-28,34-35H,7,9-22H2,1-6H3;1H4/t23-,24+,25+,26-,27+,28+,30+,31-,32+;23-,25+,26-,27+,28+,30+,31-,32+;/m11./s1. The van der Waals surface area contributed by atoms with Crippen molar-refractivity contribution in [2.75, 3.05) is 0 Å². The SMILES string of the molecule is C.CC[C@]1(O)CC[C@@]2(C)C(=CC[C@H]3[C@@H]4CC[C@H]([C@H](C)CCC5(O)CCC(C)(C)CC5)[C@@]4(C)CC[C@@H]32)C1.CC[C@]1(O)CC[C@@]2(C)[C@@H](CC[C@@H]3[C@@H]2CC[C@]2(C)[C@@H]([C@H](C)CCC4(O)CCC(C)(C)CC4)CC[C@@H]32)C1. The molecule has 0 aliphatic heterocycles. The average Bonchev–Trinajstić information content (AvgIpc) is 3.87. The first-order valence-corrected chi connectivity index (χ1v) is 31.3. The van der Waals surface area contributed by atoms with Crippen LogP contribution in [0.25, 0.3) is 0 Å². The van der Waals surface area contributed by atoms with Crippen LogP contribution in [-0.4, -0.2) is 42.8 Å². The van der Waals surface area contributed by atoms with Crippen molar-refractivity contribution < 1.29 is 20.4 Å². The predicted molar refractivity (Wildman–Crippen MR) is 299 cm³/mol. The van der Waals surface area contributed by atoms with Crippen LogP contribution in [0.15, 0.2) is 11.6 Å². The Hall–Kier alpha value is -0.420. The van der Waals surface area contributed by atoms with Crippen LogP contribution in [0, 0.1) is 97.6 Å². The molecule has 4 nitrogen and oxygen atoms in total. The fourth-order valence-electron chi connectivity index (χ4n) is 21.3. The number of hydrogen-bond acceptors (Lipinski definition) is 4. The van der Waals surface area contributed by atoms with Crippen LogP contribution in [0.4, 0.5) is 0 Å². The summed E-state index contributed by atoms with van der Waals surface area (Å²) >= 11 is 0. The van der Waals surface area contributed by atoms with E-state index >= 15 is 0 Å². The number of rotatable bonds is 10. The van der Waals surface area contributed by atoms with E-state index in [2.05, 4.69) is 89.2 Å². The Morgan fingerprint density at radius 1 is 0.465 bits per heavy atom. The molecule has 410 valence electrons. The lowest BCUT2D eigenvalue weighted by Gasteiger charge is -2.62. The Labute approximate surface area is 439 Å². The lowest BCUT2D eigenvalue weighted by Crippen LogP contribution is -2.56. The van der Waals surface area contributed by atoms with E-state index in [4.69, 9.17) is 0 Å². The highest BCUT2D eigenvalue weighted by Crippen LogP contribution is 2.71. The van der Waals surface area contributed by atoms with Gasteiger partial charge in [0.05, 0.1) is 22.4 Å². The average molecular weight is 988 g/mol. The van der Waals surface area contributed by atoms with E-state index in [-0.39, 0.29) is 13.0 Å². The van der Waals surface area contributed by atoms with E-state index in [0.29, 0.717) is 32.5 Å². The van der Waals surface area contributed by atoms with E-state index in [1.165, 1.54) is 122 Å². The summed E-state index contributed by atoms with van der Waals surface area (Å²) in [5, 5.41) is 44.8. The van der Waals surface area contributed by atoms with Crippen molar-refractivity contribution in [2.24, 2.45) is 97.6 Å². The largest absolute Gasteiger partial charge is 0.390 e. The molecule has 10 rings (SSSR count). The Bertz CT molecular complexity index is 1840. The lowest BCUT2D eigenvalue weighted by molar-refractivity contribution is -0.153. The molecule has 10 aliphatic rings. The molecule has 0 spiro atoms. The highest BCUT2D eigenvalue weighted by Gasteiger charge is 2.63. The van der Waals surface area contributed by atoms with Crippen LogP contribution < -0.4 is 0 Å². The summed E-state index contributed by atoms with van der Waals surface area (Å²) in [6, 6.07) is 0. The zero-order valence-corrected chi connectivity index (χ0v) is 48.1. The second-order valence-corrected chi connectivity index (χ2v) is 31.7. The highest BCUT2D eigenvalue weighted by molar-refractivity contribution is 5.27. The van der Waals surface area contributed by atoms with Crippen molar-refractivity contribution in [3.8, 4) is 0 Å². The third-order valence-electron chi connectivity index (χ3n) is 27.1. The van der Waals surface area contributed by atoms with Gasteiger partial charge in [0, 0.05) is 0 Å². The summed E-state index contributed by atoms with van der Waals surface area (Å²) in [6.45, 7) is 29.4. The molecule has 0 aromatic rings. The summed E-state index contributed by atoms with van der Waals surface area (Å²) in [7, 11) is 0. The molecular weight excluding hydrogens is 869 g/mol. The number of fused-ring (bicyclic) bond motifs is 10. The molecule has 10 aliphatic carbocycles. The minimum atomic E-state index is -0.451. The fourth-order valence-corrected chi connectivity index (χ4v) is 21.3. The third-order valence-corrected chi connectivity index (χ3v) is 27.1. The number of allylic oxidation sites excluding steroid dienone is 1. The van der Waals surface area contributed by atoms with Gasteiger partial charge in [-0.1, -0.05) is 102 Å². The van der Waals surface area contributed by atoms with Gasteiger partial charge in [-0.3, -0.25) is 0 Å². The van der Waals surface area contributed by atoms with Crippen molar-refractivity contribution in [1.82, 2.24) is 0 Å². The maximum Gasteiger partial charge on any atom is 0.0682 e. The molecule has 0 aromatic heterocycles. The van der Waals surface area contributed by atoms with Gasteiger partial charge in [-0.05, 0) is 297 Å². The zero-order valence-electron chi connectivity index (χ0n) is 48.1. The maximum atomic E-state index is 11.3. The van der Waals surface area contributed by atoms with E-state index in [9.17, 15) is 20.4 Å².